The molecule has 0 spiro atoms. The van der Waals surface area contributed by atoms with Gasteiger partial charge in [-0.25, -0.2) is 4.39 Å². The molecular formula is C13H14BrClFNO2. The summed E-state index contributed by atoms with van der Waals surface area (Å²) < 4.78 is 19.0. The van der Waals surface area contributed by atoms with Crippen molar-refractivity contribution in [1.29, 1.82) is 0 Å². The molecule has 0 saturated carbocycles. The third-order valence-corrected chi connectivity index (χ3v) is 4.22. The van der Waals surface area contributed by atoms with Gasteiger partial charge in [0, 0.05) is 20.2 Å². The summed E-state index contributed by atoms with van der Waals surface area (Å²) in [4.78, 5) is 14.0. The average Bonchev–Trinajstić information content (AvgIpc) is 2.42. The highest BCUT2D eigenvalue weighted by Crippen LogP contribution is 2.26. The van der Waals surface area contributed by atoms with Crippen molar-refractivity contribution in [2.75, 3.05) is 20.2 Å². The molecule has 3 nitrogen and oxygen atoms in total. The lowest BCUT2D eigenvalue weighted by atomic mass is 10.1. The molecule has 1 aliphatic rings. The van der Waals surface area contributed by atoms with Crippen molar-refractivity contribution in [2.24, 2.45) is 0 Å². The van der Waals surface area contributed by atoms with Crippen molar-refractivity contribution in [3.05, 3.63) is 33.0 Å². The molecule has 0 atom stereocenters. The average molecular weight is 351 g/mol. The second-order valence-electron chi connectivity index (χ2n) is 4.47. The minimum atomic E-state index is -0.487. The summed E-state index contributed by atoms with van der Waals surface area (Å²) in [6.45, 7) is 1.21. The number of nitrogens with zero attached hydrogens (tertiary/aromatic N) is 1. The molecule has 1 amide bonds. The normalized spacial score (nSPS) is 16.7. The molecule has 1 aliphatic heterocycles. The number of likely N-dealkylation sites (tertiary alicyclic amines) is 1. The van der Waals surface area contributed by atoms with E-state index in [4.69, 9.17) is 16.3 Å². The predicted molar refractivity (Wildman–Crippen MR) is 75.0 cm³/mol. The zero-order chi connectivity index (χ0) is 14.0. The highest BCUT2D eigenvalue weighted by atomic mass is 79.9. The van der Waals surface area contributed by atoms with Crippen LogP contribution in [0.4, 0.5) is 4.39 Å². The Hall–Kier alpha value is -0.650. The molecule has 0 radical (unpaired) electrons. The minimum absolute atomic E-state index is 0.196. The number of rotatable bonds is 2. The van der Waals surface area contributed by atoms with Crippen molar-refractivity contribution >= 4 is 33.4 Å². The zero-order valence-corrected chi connectivity index (χ0v) is 12.8. The summed E-state index contributed by atoms with van der Waals surface area (Å²) in [5.74, 6) is -0.717. The van der Waals surface area contributed by atoms with Crippen LogP contribution in [0.5, 0.6) is 0 Å². The first kappa shape index (κ1) is 14.8. The maximum atomic E-state index is 13.5. The molecule has 1 fully saturated rings. The van der Waals surface area contributed by atoms with Gasteiger partial charge in [-0.15, -0.1) is 0 Å². The van der Waals surface area contributed by atoms with Crippen molar-refractivity contribution in [1.82, 2.24) is 4.90 Å². The van der Waals surface area contributed by atoms with Crippen LogP contribution in [0.15, 0.2) is 16.6 Å². The molecular weight excluding hydrogens is 337 g/mol. The summed E-state index contributed by atoms with van der Waals surface area (Å²) in [6.07, 6.45) is 1.78. The fourth-order valence-electron chi connectivity index (χ4n) is 2.15. The Morgan fingerprint density at radius 2 is 2.11 bits per heavy atom. The molecule has 0 aliphatic carbocycles. The highest BCUT2D eigenvalue weighted by Gasteiger charge is 2.25. The van der Waals surface area contributed by atoms with E-state index in [0.717, 1.165) is 12.8 Å². The van der Waals surface area contributed by atoms with Gasteiger partial charge in [-0.2, -0.15) is 0 Å². The van der Waals surface area contributed by atoms with Crippen molar-refractivity contribution in [3.63, 3.8) is 0 Å². The largest absolute Gasteiger partial charge is 0.381 e. The van der Waals surface area contributed by atoms with Crippen molar-refractivity contribution < 1.29 is 13.9 Å². The number of amides is 1. The summed E-state index contributed by atoms with van der Waals surface area (Å²) >= 11 is 9.04. The number of piperidine rings is 1. The number of ether oxygens (including phenoxy) is 1. The Labute approximate surface area is 124 Å². The second kappa shape index (κ2) is 6.20. The summed E-state index contributed by atoms with van der Waals surface area (Å²) in [5.41, 5.74) is 0.207. The second-order valence-corrected chi connectivity index (χ2v) is 5.73. The fraction of sp³-hybridized carbons (Fsp3) is 0.462. The van der Waals surface area contributed by atoms with Gasteiger partial charge in [0.2, 0.25) is 0 Å². The van der Waals surface area contributed by atoms with E-state index >= 15 is 0 Å². The SMILES string of the molecule is COC1CCN(C(=O)c2cc(F)c(Br)cc2Cl)CC1. The van der Waals surface area contributed by atoms with Gasteiger partial charge in [-0.3, -0.25) is 4.79 Å². The maximum absolute atomic E-state index is 13.5. The highest BCUT2D eigenvalue weighted by molar-refractivity contribution is 9.10. The Balaban J connectivity index is 2.14. The van der Waals surface area contributed by atoms with Crippen LogP contribution >= 0.6 is 27.5 Å². The Morgan fingerprint density at radius 3 is 2.68 bits per heavy atom. The number of hydrogen-bond donors (Lipinski definition) is 0. The number of methoxy groups -OCH3 is 1. The third kappa shape index (κ3) is 3.27. The lowest BCUT2D eigenvalue weighted by Gasteiger charge is -2.31. The summed E-state index contributed by atoms with van der Waals surface area (Å²) in [6, 6.07) is 2.59. The molecule has 0 bridgehead atoms. The smallest absolute Gasteiger partial charge is 0.255 e. The molecule has 1 aromatic rings. The van der Waals surface area contributed by atoms with Crippen LogP contribution in [0.25, 0.3) is 0 Å². The molecule has 0 aromatic heterocycles. The van der Waals surface area contributed by atoms with Crippen LogP contribution < -0.4 is 0 Å². The van der Waals surface area contributed by atoms with E-state index in [-0.39, 0.29) is 27.1 Å². The van der Waals surface area contributed by atoms with E-state index < -0.39 is 5.82 Å². The maximum Gasteiger partial charge on any atom is 0.255 e. The van der Waals surface area contributed by atoms with E-state index in [1.165, 1.54) is 12.1 Å². The molecule has 2 rings (SSSR count). The van der Waals surface area contributed by atoms with E-state index in [0.29, 0.717) is 13.1 Å². The number of halogens is 3. The Bertz CT molecular complexity index is 490. The minimum Gasteiger partial charge on any atom is -0.381 e. The quantitative estimate of drug-likeness (QED) is 0.764. The Morgan fingerprint density at radius 1 is 1.47 bits per heavy atom. The van der Waals surface area contributed by atoms with Gasteiger partial charge >= 0.3 is 0 Å². The first-order valence-corrected chi connectivity index (χ1v) is 7.16. The standard InChI is InChI=1S/C13H14BrClFNO2/c1-19-8-2-4-17(5-3-8)13(18)9-6-12(16)10(14)7-11(9)15/h6-8H,2-5H2,1H3. The number of hydrogen-bond acceptors (Lipinski definition) is 2. The van der Waals surface area contributed by atoms with E-state index in [9.17, 15) is 9.18 Å². The first-order chi connectivity index (χ1) is 9.02. The lowest BCUT2D eigenvalue weighted by molar-refractivity contribution is 0.0350. The zero-order valence-electron chi connectivity index (χ0n) is 10.5. The van der Waals surface area contributed by atoms with Crippen LogP contribution in [0.3, 0.4) is 0 Å². The molecule has 104 valence electrons. The van der Waals surface area contributed by atoms with E-state index in [1.54, 1.807) is 12.0 Å². The van der Waals surface area contributed by atoms with Gasteiger partial charge in [0.05, 0.1) is 21.2 Å². The summed E-state index contributed by atoms with van der Waals surface area (Å²) in [5, 5.41) is 0.257. The lowest BCUT2D eigenvalue weighted by Crippen LogP contribution is -2.40. The number of carbonyl (C=O) groups is 1. The van der Waals surface area contributed by atoms with Crippen molar-refractivity contribution in [3.8, 4) is 0 Å². The number of carbonyl (C=O) groups excluding carboxylic acids is 1. The van der Waals surface area contributed by atoms with Gasteiger partial charge in [0.15, 0.2) is 0 Å². The van der Waals surface area contributed by atoms with Gasteiger partial charge in [-0.05, 0) is 40.9 Å². The molecule has 1 aromatic carbocycles. The molecule has 0 N–H and O–H groups in total. The van der Waals surface area contributed by atoms with Gasteiger partial charge in [0.25, 0.3) is 5.91 Å². The predicted octanol–water partition coefficient (Wildman–Crippen LogP) is 3.49. The van der Waals surface area contributed by atoms with Crippen LogP contribution in [-0.4, -0.2) is 37.1 Å². The molecule has 0 unspecified atom stereocenters. The number of benzene rings is 1. The Kier molecular flexibility index (Phi) is 4.81. The van der Waals surface area contributed by atoms with Crippen LogP contribution in [0.1, 0.15) is 23.2 Å². The van der Waals surface area contributed by atoms with Crippen LogP contribution in [0.2, 0.25) is 5.02 Å². The van der Waals surface area contributed by atoms with Crippen molar-refractivity contribution in [2.45, 2.75) is 18.9 Å². The first-order valence-electron chi connectivity index (χ1n) is 5.99. The molecule has 1 saturated heterocycles. The van der Waals surface area contributed by atoms with Gasteiger partial charge < -0.3 is 9.64 Å². The van der Waals surface area contributed by atoms with Gasteiger partial charge in [0.1, 0.15) is 5.82 Å². The summed E-state index contributed by atoms with van der Waals surface area (Å²) in [7, 11) is 1.67. The molecule has 6 heteroatoms. The molecule has 1 heterocycles. The van der Waals surface area contributed by atoms with E-state index in [1.807, 2.05) is 0 Å². The van der Waals surface area contributed by atoms with Gasteiger partial charge in [-0.1, -0.05) is 11.6 Å². The monoisotopic (exact) mass is 349 g/mol. The van der Waals surface area contributed by atoms with E-state index in [2.05, 4.69) is 15.9 Å². The molecule has 19 heavy (non-hydrogen) atoms. The van der Waals surface area contributed by atoms with Crippen LogP contribution in [0, 0.1) is 5.82 Å². The third-order valence-electron chi connectivity index (χ3n) is 3.30. The topological polar surface area (TPSA) is 29.5 Å². The van der Waals surface area contributed by atoms with Crippen LogP contribution in [-0.2, 0) is 4.74 Å². The fourth-order valence-corrected chi connectivity index (χ4v) is 2.87.